The van der Waals surface area contributed by atoms with Crippen LogP contribution in [0.5, 0.6) is 0 Å². The fourth-order valence-electron chi connectivity index (χ4n) is 7.58. The van der Waals surface area contributed by atoms with Crippen LogP contribution in [-0.4, -0.2) is 93.8 Å². The number of hydrogen-bond acceptors (Lipinski definition) is 9. The Morgan fingerprint density at radius 1 is 0.615 bits per heavy atom. The molecule has 2 atom stereocenters. The fourth-order valence-corrected chi connectivity index (χ4v) is 7.58. The van der Waals surface area contributed by atoms with E-state index in [0.29, 0.717) is 51.5 Å². The number of carboxylic acid groups (broad SMARTS) is 4. The lowest BCUT2D eigenvalue weighted by Crippen LogP contribution is -2.68. The van der Waals surface area contributed by atoms with E-state index in [0.717, 1.165) is 109 Å². The molecule has 3 saturated heterocycles. The second kappa shape index (κ2) is 26.0. The molecular formula is C38H69N5O9. The van der Waals surface area contributed by atoms with Crippen molar-refractivity contribution in [3.8, 4) is 0 Å². The van der Waals surface area contributed by atoms with Crippen LogP contribution in [-0.2, 0) is 24.0 Å². The van der Waals surface area contributed by atoms with E-state index in [-0.39, 0.29) is 18.7 Å². The van der Waals surface area contributed by atoms with Crippen molar-refractivity contribution in [2.45, 2.75) is 178 Å². The summed E-state index contributed by atoms with van der Waals surface area (Å²) in [6.45, 7) is 2.31. The highest BCUT2D eigenvalue weighted by Gasteiger charge is 2.49. The molecule has 52 heavy (non-hydrogen) atoms. The van der Waals surface area contributed by atoms with Crippen molar-refractivity contribution in [3.63, 3.8) is 0 Å². The van der Waals surface area contributed by atoms with Crippen molar-refractivity contribution in [1.29, 1.82) is 0 Å². The van der Waals surface area contributed by atoms with Gasteiger partial charge in [0.1, 0.15) is 0 Å². The van der Waals surface area contributed by atoms with Gasteiger partial charge in [-0.25, -0.2) is 9.59 Å². The third-order valence-corrected chi connectivity index (χ3v) is 10.7. The summed E-state index contributed by atoms with van der Waals surface area (Å²) >= 11 is 0. The molecule has 3 heterocycles. The van der Waals surface area contributed by atoms with Crippen LogP contribution in [0.15, 0.2) is 0 Å². The molecule has 3 fully saturated rings. The smallest absolute Gasteiger partial charge is 0.339 e. The number of unbranched alkanes of at least 4 members (excludes halogenated alkanes) is 7. The summed E-state index contributed by atoms with van der Waals surface area (Å²) in [5.74, 6) is -4.80. The van der Waals surface area contributed by atoms with Gasteiger partial charge in [-0.15, -0.1) is 0 Å². The quantitative estimate of drug-likeness (QED) is 0.0800. The van der Waals surface area contributed by atoms with Crippen molar-refractivity contribution in [2.75, 3.05) is 26.2 Å². The predicted octanol–water partition coefficient (Wildman–Crippen LogP) is 4.96. The average molecular weight is 740 g/mol. The molecule has 9 N–H and O–H groups in total. The maximum atomic E-state index is 12.2. The molecule has 0 saturated carbocycles. The van der Waals surface area contributed by atoms with Gasteiger partial charge in [-0.3, -0.25) is 35.7 Å². The summed E-state index contributed by atoms with van der Waals surface area (Å²) in [6.07, 6.45) is 22.4. The van der Waals surface area contributed by atoms with Gasteiger partial charge in [-0.05, 0) is 90.4 Å². The van der Waals surface area contributed by atoms with E-state index in [9.17, 15) is 39.3 Å². The van der Waals surface area contributed by atoms with E-state index < -0.39 is 41.1 Å². The lowest BCUT2D eigenvalue weighted by Gasteiger charge is -2.36. The van der Waals surface area contributed by atoms with Crippen molar-refractivity contribution in [1.82, 2.24) is 26.6 Å². The van der Waals surface area contributed by atoms with E-state index >= 15 is 0 Å². The number of amides is 1. The first-order valence-corrected chi connectivity index (χ1v) is 20.2. The fraction of sp³-hybridized carbons (Fsp3) is 0.868. The number of carboxylic acids is 4. The topological polar surface area (TPSA) is 226 Å². The van der Waals surface area contributed by atoms with Crippen LogP contribution in [0, 0.1) is 5.92 Å². The Balaban J connectivity index is 0.000000437. The van der Waals surface area contributed by atoms with E-state index in [1.165, 1.54) is 19.3 Å². The standard InChI is InChI=1S/C26H47N3O5.C12H22N2O4/c30-23-18-12-11-16-21(29-23)15-9-5-3-1-2-4-6-10-17-22(24(31)32)26(25(33)34)27-19-13-7-8-14-20-28-26;15-10(16)6-5-7-12(11(17)18)13-8-3-1-2-4-9-14-12/h21-22,27-28H,1-20H2,(H,29,30)(H,31,32)(H,33,34);13-14H,1-9H2,(H,15,16)(H,17,18). The van der Waals surface area contributed by atoms with Gasteiger partial charge in [-0.1, -0.05) is 83.5 Å². The second-order valence-corrected chi connectivity index (χ2v) is 14.9. The molecule has 3 rings (SSSR count). The minimum Gasteiger partial charge on any atom is -0.481 e. The molecule has 0 aromatic carbocycles. The van der Waals surface area contributed by atoms with Gasteiger partial charge in [0.15, 0.2) is 11.3 Å². The number of hydrogen-bond donors (Lipinski definition) is 9. The maximum Gasteiger partial charge on any atom is 0.339 e. The molecule has 1 amide bonds. The number of nitrogens with one attached hydrogen (secondary N) is 5. The number of aliphatic carboxylic acids is 4. The highest BCUT2D eigenvalue weighted by Crippen LogP contribution is 2.25. The molecule has 2 unspecified atom stereocenters. The van der Waals surface area contributed by atoms with Crippen molar-refractivity contribution >= 4 is 29.8 Å². The van der Waals surface area contributed by atoms with Crippen LogP contribution in [0.25, 0.3) is 0 Å². The second-order valence-electron chi connectivity index (χ2n) is 14.9. The number of carbonyl (C=O) groups is 5. The molecule has 14 nitrogen and oxygen atoms in total. The summed E-state index contributed by atoms with van der Waals surface area (Å²) in [4.78, 5) is 57.8. The lowest BCUT2D eigenvalue weighted by atomic mass is 9.86. The van der Waals surface area contributed by atoms with E-state index in [1.807, 2.05) is 0 Å². The molecule has 0 aromatic heterocycles. The van der Waals surface area contributed by atoms with E-state index in [2.05, 4.69) is 26.6 Å². The Labute approximate surface area is 310 Å². The maximum absolute atomic E-state index is 12.2. The van der Waals surface area contributed by atoms with Crippen molar-refractivity contribution < 1.29 is 44.4 Å². The molecule has 0 radical (unpaired) electrons. The Hall–Kier alpha value is -2.81. The Morgan fingerprint density at radius 3 is 1.63 bits per heavy atom. The third kappa shape index (κ3) is 17.3. The zero-order chi connectivity index (χ0) is 38.1. The Kier molecular flexibility index (Phi) is 22.7. The minimum absolute atomic E-state index is 0.00160. The van der Waals surface area contributed by atoms with Crippen LogP contribution in [0.3, 0.4) is 0 Å². The highest BCUT2D eigenvalue weighted by atomic mass is 16.4. The summed E-state index contributed by atoms with van der Waals surface area (Å²) in [5, 5.41) is 53.2. The number of rotatable bonds is 19. The predicted molar refractivity (Wildman–Crippen MR) is 199 cm³/mol. The van der Waals surface area contributed by atoms with Gasteiger partial charge in [0.25, 0.3) is 0 Å². The van der Waals surface area contributed by atoms with Gasteiger partial charge < -0.3 is 25.7 Å². The van der Waals surface area contributed by atoms with Crippen molar-refractivity contribution in [3.05, 3.63) is 0 Å². The summed E-state index contributed by atoms with van der Waals surface area (Å²) < 4.78 is 0. The van der Waals surface area contributed by atoms with Gasteiger partial charge in [0.2, 0.25) is 5.91 Å². The zero-order valence-corrected chi connectivity index (χ0v) is 31.5. The first-order valence-electron chi connectivity index (χ1n) is 20.2. The zero-order valence-electron chi connectivity index (χ0n) is 31.5. The molecule has 0 bridgehead atoms. The van der Waals surface area contributed by atoms with Crippen molar-refractivity contribution in [2.24, 2.45) is 5.92 Å². The van der Waals surface area contributed by atoms with E-state index in [4.69, 9.17) is 5.11 Å². The minimum atomic E-state index is -1.59. The Morgan fingerprint density at radius 2 is 1.13 bits per heavy atom. The van der Waals surface area contributed by atoms with E-state index in [1.54, 1.807) is 0 Å². The summed E-state index contributed by atoms with van der Waals surface area (Å²) in [6, 6.07) is 0.359. The van der Waals surface area contributed by atoms with Crippen LogP contribution < -0.4 is 26.6 Å². The molecule has 300 valence electrons. The van der Waals surface area contributed by atoms with Crippen LogP contribution in [0.1, 0.15) is 161 Å². The first kappa shape index (κ1) is 45.3. The van der Waals surface area contributed by atoms with Gasteiger partial charge in [-0.2, -0.15) is 0 Å². The lowest BCUT2D eigenvalue weighted by molar-refractivity contribution is -0.160. The SMILES string of the molecule is O=C(O)CCCC1(C(=O)O)NCCCCCCN1.O=C1CCCCC(CCCCCCCCCCC(C(=O)O)C2(C(=O)O)NCCCCCCN2)N1. The summed E-state index contributed by atoms with van der Waals surface area (Å²) in [7, 11) is 0. The molecule has 3 aliphatic heterocycles. The highest BCUT2D eigenvalue weighted by molar-refractivity contribution is 5.86. The van der Waals surface area contributed by atoms with Crippen LogP contribution in [0.4, 0.5) is 0 Å². The first-order chi connectivity index (χ1) is 25.0. The molecule has 0 spiro atoms. The Bertz CT molecular complexity index is 1060. The van der Waals surface area contributed by atoms with Crippen LogP contribution >= 0.6 is 0 Å². The summed E-state index contributed by atoms with van der Waals surface area (Å²) in [5.41, 5.74) is -2.76. The van der Waals surface area contributed by atoms with Gasteiger partial charge in [0.05, 0.1) is 5.92 Å². The normalized spacial score (nSPS) is 21.8. The van der Waals surface area contributed by atoms with Crippen LogP contribution in [0.2, 0.25) is 0 Å². The van der Waals surface area contributed by atoms with Gasteiger partial charge in [0, 0.05) is 18.9 Å². The molecule has 14 heteroatoms. The molecular weight excluding hydrogens is 670 g/mol. The van der Waals surface area contributed by atoms with Gasteiger partial charge >= 0.3 is 23.9 Å². The molecule has 0 aromatic rings. The number of carbonyl (C=O) groups excluding carboxylic acids is 1. The largest absolute Gasteiger partial charge is 0.481 e. The molecule has 0 aliphatic carbocycles. The average Bonchev–Trinajstić information content (AvgIpc) is 3.17. The molecule has 3 aliphatic rings. The third-order valence-electron chi connectivity index (χ3n) is 10.7. The monoisotopic (exact) mass is 740 g/mol.